The molecule has 0 spiro atoms. The smallest absolute Gasteiger partial charge is 0.225 e. The van der Waals surface area contributed by atoms with Crippen molar-refractivity contribution in [1.29, 1.82) is 0 Å². The van der Waals surface area contributed by atoms with Crippen LogP contribution in [0.2, 0.25) is 0 Å². The fourth-order valence-electron chi connectivity index (χ4n) is 3.09. The van der Waals surface area contributed by atoms with Gasteiger partial charge in [0.2, 0.25) is 16.0 Å². The molecular weight excluding hydrogens is 349 g/mol. The Hall–Kier alpha value is -1.52. The lowest BCUT2D eigenvalue weighted by Crippen LogP contribution is -2.37. The molecule has 3 rings (SSSR count). The van der Waals surface area contributed by atoms with Crippen LogP contribution in [-0.4, -0.2) is 74.9 Å². The summed E-state index contributed by atoms with van der Waals surface area (Å²) in [6.45, 7) is 2.28. The third-order valence-electron chi connectivity index (χ3n) is 4.63. The van der Waals surface area contributed by atoms with Crippen LogP contribution in [0, 0.1) is 11.7 Å². The van der Waals surface area contributed by atoms with Gasteiger partial charge >= 0.3 is 0 Å². The summed E-state index contributed by atoms with van der Waals surface area (Å²) in [5.41, 5.74) is 0. The molecule has 2 saturated heterocycles. The summed E-state index contributed by atoms with van der Waals surface area (Å²) in [7, 11) is -0.305. The van der Waals surface area contributed by atoms with Gasteiger partial charge < -0.3 is 15.0 Å². The third-order valence-corrected chi connectivity index (χ3v) is 6.59. The van der Waals surface area contributed by atoms with E-state index in [1.807, 2.05) is 4.90 Å². The molecule has 0 unspecified atom stereocenters. The normalized spacial score (nSPS) is 24.2. The van der Waals surface area contributed by atoms with E-state index in [0.29, 0.717) is 25.0 Å². The predicted octanol–water partition coefficient (Wildman–Crippen LogP) is 0.534. The molecule has 0 aliphatic carbocycles. The number of hydrogen-bond acceptors (Lipinski definition) is 7. The SMILES string of the molecule is CN(C)S(=O)(=O)C[C@@H]1COC[C@@H]1Nc1ncc(F)c(N2CCCC2)n1. The van der Waals surface area contributed by atoms with E-state index >= 15 is 0 Å². The van der Waals surface area contributed by atoms with Crippen molar-refractivity contribution in [3.05, 3.63) is 12.0 Å². The lowest BCUT2D eigenvalue weighted by Gasteiger charge is -2.22. The largest absolute Gasteiger partial charge is 0.379 e. The molecule has 8 nitrogen and oxygen atoms in total. The van der Waals surface area contributed by atoms with E-state index in [1.165, 1.54) is 18.4 Å². The molecule has 0 bridgehead atoms. The van der Waals surface area contributed by atoms with Crippen molar-refractivity contribution in [3.63, 3.8) is 0 Å². The highest BCUT2D eigenvalue weighted by molar-refractivity contribution is 7.89. The maximum atomic E-state index is 14.0. The predicted molar refractivity (Wildman–Crippen MR) is 92.6 cm³/mol. The van der Waals surface area contributed by atoms with Gasteiger partial charge in [-0.1, -0.05) is 0 Å². The second-order valence-electron chi connectivity index (χ2n) is 6.67. The number of anilines is 2. The minimum Gasteiger partial charge on any atom is -0.379 e. The maximum absolute atomic E-state index is 14.0. The number of halogens is 1. The zero-order chi connectivity index (χ0) is 18.0. The lowest BCUT2D eigenvalue weighted by atomic mass is 10.1. The van der Waals surface area contributed by atoms with Crippen molar-refractivity contribution >= 4 is 21.8 Å². The van der Waals surface area contributed by atoms with Gasteiger partial charge in [0.25, 0.3) is 0 Å². The Balaban J connectivity index is 1.72. The van der Waals surface area contributed by atoms with Gasteiger partial charge in [-0.15, -0.1) is 0 Å². The van der Waals surface area contributed by atoms with Crippen LogP contribution in [-0.2, 0) is 14.8 Å². The molecule has 140 valence electrons. The van der Waals surface area contributed by atoms with Gasteiger partial charge in [0.05, 0.1) is 31.2 Å². The summed E-state index contributed by atoms with van der Waals surface area (Å²) in [6, 6.07) is -0.230. The molecule has 3 heterocycles. The van der Waals surface area contributed by atoms with Gasteiger partial charge in [-0.3, -0.25) is 0 Å². The molecule has 2 atom stereocenters. The highest BCUT2D eigenvalue weighted by Gasteiger charge is 2.34. The highest BCUT2D eigenvalue weighted by Crippen LogP contribution is 2.24. The van der Waals surface area contributed by atoms with Gasteiger partial charge in [0.1, 0.15) is 0 Å². The second kappa shape index (κ2) is 7.38. The second-order valence-corrected chi connectivity index (χ2v) is 8.90. The van der Waals surface area contributed by atoms with Crippen molar-refractivity contribution in [3.8, 4) is 0 Å². The molecule has 2 aliphatic heterocycles. The van der Waals surface area contributed by atoms with E-state index in [1.54, 1.807) is 0 Å². The summed E-state index contributed by atoms with van der Waals surface area (Å²) in [4.78, 5) is 10.2. The van der Waals surface area contributed by atoms with Crippen LogP contribution in [0.4, 0.5) is 16.2 Å². The topological polar surface area (TPSA) is 87.7 Å². The van der Waals surface area contributed by atoms with Crippen LogP contribution >= 0.6 is 0 Å². The van der Waals surface area contributed by atoms with Crippen LogP contribution in [0.5, 0.6) is 0 Å². The van der Waals surface area contributed by atoms with Crippen LogP contribution in [0.15, 0.2) is 6.20 Å². The minimum atomic E-state index is -3.33. The number of aromatic nitrogens is 2. The first-order chi connectivity index (χ1) is 11.9. The Kier molecular flexibility index (Phi) is 5.40. The Morgan fingerprint density at radius 2 is 2.08 bits per heavy atom. The Morgan fingerprint density at radius 1 is 1.36 bits per heavy atom. The summed E-state index contributed by atoms with van der Waals surface area (Å²) in [5, 5.41) is 3.12. The van der Waals surface area contributed by atoms with Gasteiger partial charge in [-0.2, -0.15) is 4.98 Å². The van der Waals surface area contributed by atoms with Crippen LogP contribution in [0.25, 0.3) is 0 Å². The first kappa shape index (κ1) is 18.3. The van der Waals surface area contributed by atoms with E-state index < -0.39 is 15.8 Å². The summed E-state index contributed by atoms with van der Waals surface area (Å²) >= 11 is 0. The number of ether oxygens (including phenoxy) is 1. The Bertz CT molecular complexity index is 709. The third kappa shape index (κ3) is 4.18. The van der Waals surface area contributed by atoms with Crippen LogP contribution in [0.1, 0.15) is 12.8 Å². The van der Waals surface area contributed by atoms with E-state index in [2.05, 4.69) is 15.3 Å². The Morgan fingerprint density at radius 3 is 2.76 bits per heavy atom. The monoisotopic (exact) mass is 373 g/mol. The zero-order valence-electron chi connectivity index (χ0n) is 14.5. The van der Waals surface area contributed by atoms with Crippen molar-refractivity contribution in [2.75, 3.05) is 56.4 Å². The summed E-state index contributed by atoms with van der Waals surface area (Å²) in [5.74, 6) is -0.0757. The quantitative estimate of drug-likeness (QED) is 0.778. The van der Waals surface area contributed by atoms with Crippen molar-refractivity contribution in [2.24, 2.45) is 5.92 Å². The van der Waals surface area contributed by atoms with Crippen LogP contribution < -0.4 is 10.2 Å². The van der Waals surface area contributed by atoms with Crippen LogP contribution in [0.3, 0.4) is 0 Å². The molecule has 2 fully saturated rings. The van der Waals surface area contributed by atoms with Gasteiger partial charge in [0, 0.05) is 33.1 Å². The molecule has 10 heteroatoms. The van der Waals surface area contributed by atoms with Crippen molar-refractivity contribution < 1.29 is 17.5 Å². The molecule has 0 saturated carbocycles. The lowest BCUT2D eigenvalue weighted by molar-refractivity contribution is 0.187. The van der Waals surface area contributed by atoms with E-state index in [9.17, 15) is 12.8 Å². The molecule has 1 aromatic rings. The van der Waals surface area contributed by atoms with E-state index in [-0.39, 0.29) is 17.7 Å². The summed E-state index contributed by atoms with van der Waals surface area (Å²) in [6.07, 6.45) is 3.20. The molecular formula is C15H24FN5O3S. The number of nitrogens with one attached hydrogen (secondary N) is 1. The molecule has 1 N–H and O–H groups in total. The van der Waals surface area contributed by atoms with E-state index in [4.69, 9.17) is 4.74 Å². The van der Waals surface area contributed by atoms with Gasteiger partial charge in [-0.05, 0) is 12.8 Å². The maximum Gasteiger partial charge on any atom is 0.225 e. The van der Waals surface area contributed by atoms with Gasteiger partial charge in [0.15, 0.2) is 11.6 Å². The fraction of sp³-hybridized carbons (Fsp3) is 0.733. The highest BCUT2D eigenvalue weighted by atomic mass is 32.2. The average molecular weight is 373 g/mol. The average Bonchev–Trinajstić information content (AvgIpc) is 3.21. The zero-order valence-corrected chi connectivity index (χ0v) is 15.3. The summed E-state index contributed by atoms with van der Waals surface area (Å²) < 4.78 is 44.9. The number of hydrogen-bond donors (Lipinski definition) is 1. The molecule has 0 amide bonds. The molecule has 0 radical (unpaired) electrons. The number of sulfonamides is 1. The Labute approximate surface area is 147 Å². The standard InChI is InChI=1S/C15H24FN5O3S/c1-20(2)25(22,23)10-11-8-24-9-13(11)18-15-17-7-12(16)14(19-15)21-5-3-4-6-21/h7,11,13H,3-6,8-10H2,1-2H3,(H,17,18,19)/t11-,13-/m0/s1. The van der Waals surface area contributed by atoms with Crippen molar-refractivity contribution in [1.82, 2.24) is 14.3 Å². The molecule has 1 aromatic heterocycles. The van der Waals surface area contributed by atoms with Gasteiger partial charge in [-0.25, -0.2) is 22.1 Å². The fourth-order valence-corrected chi connectivity index (χ4v) is 4.25. The van der Waals surface area contributed by atoms with Crippen molar-refractivity contribution in [2.45, 2.75) is 18.9 Å². The minimum absolute atomic E-state index is 0.0160. The number of nitrogens with zero attached hydrogens (tertiary/aromatic N) is 4. The molecule has 0 aromatic carbocycles. The first-order valence-corrected chi connectivity index (χ1v) is 10.00. The van der Waals surface area contributed by atoms with E-state index in [0.717, 1.165) is 32.1 Å². The molecule has 25 heavy (non-hydrogen) atoms. The first-order valence-electron chi connectivity index (χ1n) is 8.39. The molecule has 2 aliphatic rings. The number of rotatable bonds is 6.